The van der Waals surface area contributed by atoms with Gasteiger partial charge in [0.25, 0.3) is 5.91 Å². The van der Waals surface area contributed by atoms with E-state index in [1.54, 1.807) is 30.9 Å². The number of carbonyl (C=O) groups excluding carboxylic acids is 1. The first-order valence-electron chi connectivity index (χ1n) is 10.8. The van der Waals surface area contributed by atoms with E-state index in [1.807, 2.05) is 0 Å². The number of aromatic nitrogens is 5. The highest BCUT2D eigenvalue weighted by Crippen LogP contribution is 2.27. The fourth-order valence-electron chi connectivity index (χ4n) is 3.72. The van der Waals surface area contributed by atoms with Gasteiger partial charge in [0.1, 0.15) is 6.17 Å². The Labute approximate surface area is 194 Å². The molecule has 0 saturated carbocycles. The van der Waals surface area contributed by atoms with Crippen LogP contribution in [0.15, 0.2) is 30.9 Å². The average Bonchev–Trinajstić information content (AvgIpc) is 3.21. The number of nitrogens with one attached hydrogen (secondary N) is 2. The Morgan fingerprint density at radius 1 is 1.29 bits per heavy atom. The number of alkyl halides is 1. The van der Waals surface area contributed by atoms with Crippen LogP contribution >= 0.6 is 0 Å². The summed E-state index contributed by atoms with van der Waals surface area (Å²) < 4.78 is 29.9. The smallest absolute Gasteiger partial charge is 0.274 e. The van der Waals surface area contributed by atoms with Crippen LogP contribution in [0, 0.1) is 5.82 Å². The van der Waals surface area contributed by atoms with Crippen molar-refractivity contribution in [3.63, 3.8) is 0 Å². The summed E-state index contributed by atoms with van der Waals surface area (Å²) in [6, 6.07) is 1.05. The Bertz CT molecular complexity index is 1190. The number of carbonyl (C=O) groups is 1. The summed E-state index contributed by atoms with van der Waals surface area (Å²) in [6.07, 6.45) is 4.67. The van der Waals surface area contributed by atoms with Crippen LogP contribution in [0.4, 0.5) is 14.6 Å². The molecule has 0 bridgehead atoms. The predicted octanol–water partition coefficient (Wildman–Crippen LogP) is 1.32. The topological polar surface area (TPSA) is 144 Å². The van der Waals surface area contributed by atoms with E-state index in [0.29, 0.717) is 17.8 Å². The standard InChI is InChI=1S/C22H26F2N8O2/c1-22(2,34)11-32-10-12(5-29-32)17-4-15(16(24)8-27-17)18-9-28-20(25)19(31-18)21(33)30-14-3-13(23)6-26-7-14/h4-5,8-10,13-14,26,34H,3,6-7,11H2,1-2H3,(H2,25,28)(H,30,33)/t13-,14-/m0/s1. The molecular weight excluding hydrogens is 446 g/mol. The number of hydrogen-bond donors (Lipinski definition) is 4. The number of nitrogen functional groups attached to an aromatic ring is 1. The molecule has 34 heavy (non-hydrogen) atoms. The summed E-state index contributed by atoms with van der Waals surface area (Å²) in [6.45, 7) is 4.25. The van der Waals surface area contributed by atoms with E-state index in [9.17, 15) is 18.7 Å². The minimum absolute atomic E-state index is 0.0740. The average molecular weight is 473 g/mol. The van der Waals surface area contributed by atoms with E-state index in [4.69, 9.17) is 5.73 Å². The van der Waals surface area contributed by atoms with Crippen LogP contribution in [0.25, 0.3) is 22.5 Å². The molecule has 180 valence electrons. The number of pyridine rings is 1. The van der Waals surface area contributed by atoms with Crippen molar-refractivity contribution >= 4 is 11.7 Å². The van der Waals surface area contributed by atoms with Gasteiger partial charge in [0.05, 0.1) is 42.1 Å². The molecule has 0 aliphatic carbocycles. The number of nitrogens with zero attached hydrogens (tertiary/aromatic N) is 5. The SMILES string of the molecule is CC(C)(O)Cn1cc(-c2cc(-c3cnc(N)c(C(=O)N[C@@H]4CNC[C@@H](F)C4)n3)c(F)cn2)cn1. The molecule has 1 aliphatic heterocycles. The van der Waals surface area contributed by atoms with E-state index in [0.717, 1.165) is 6.20 Å². The summed E-state index contributed by atoms with van der Waals surface area (Å²) in [5.74, 6) is -1.39. The van der Waals surface area contributed by atoms with Gasteiger partial charge in [-0.15, -0.1) is 0 Å². The van der Waals surface area contributed by atoms with Crippen LogP contribution < -0.4 is 16.4 Å². The van der Waals surface area contributed by atoms with Crippen molar-refractivity contribution in [1.82, 2.24) is 35.4 Å². The first-order valence-corrected chi connectivity index (χ1v) is 10.8. The molecule has 0 unspecified atom stereocenters. The molecule has 1 fully saturated rings. The summed E-state index contributed by atoms with van der Waals surface area (Å²) >= 11 is 0. The lowest BCUT2D eigenvalue weighted by atomic mass is 10.1. The minimum Gasteiger partial charge on any atom is -0.389 e. The van der Waals surface area contributed by atoms with Crippen molar-refractivity contribution in [2.75, 3.05) is 18.8 Å². The zero-order valence-electron chi connectivity index (χ0n) is 18.8. The number of nitrogens with two attached hydrogens (primary N) is 1. The summed E-state index contributed by atoms with van der Waals surface area (Å²) in [4.78, 5) is 25.1. The molecular formula is C22H26F2N8O2. The van der Waals surface area contributed by atoms with E-state index >= 15 is 0 Å². The van der Waals surface area contributed by atoms with E-state index < -0.39 is 29.5 Å². The molecule has 5 N–H and O–H groups in total. The van der Waals surface area contributed by atoms with Gasteiger partial charge in [0, 0.05) is 42.9 Å². The second kappa shape index (κ2) is 9.39. The first kappa shape index (κ1) is 23.6. The first-order chi connectivity index (χ1) is 16.1. The normalized spacial score (nSPS) is 18.6. The van der Waals surface area contributed by atoms with Gasteiger partial charge in [0.2, 0.25) is 0 Å². The molecule has 0 aromatic carbocycles. The third-order valence-electron chi connectivity index (χ3n) is 5.26. The second-order valence-electron chi connectivity index (χ2n) is 8.94. The quantitative estimate of drug-likeness (QED) is 0.421. The molecule has 4 heterocycles. The predicted molar refractivity (Wildman–Crippen MR) is 121 cm³/mol. The molecule has 3 aromatic heterocycles. The largest absolute Gasteiger partial charge is 0.389 e. The molecule has 4 rings (SSSR count). The third kappa shape index (κ3) is 5.51. The number of aliphatic hydroxyl groups is 1. The number of rotatable bonds is 6. The molecule has 10 nitrogen and oxygen atoms in total. The lowest BCUT2D eigenvalue weighted by Gasteiger charge is -2.26. The van der Waals surface area contributed by atoms with Gasteiger partial charge in [-0.25, -0.2) is 18.7 Å². The highest BCUT2D eigenvalue weighted by atomic mass is 19.1. The highest BCUT2D eigenvalue weighted by molar-refractivity contribution is 5.97. The van der Waals surface area contributed by atoms with Crippen molar-refractivity contribution in [1.29, 1.82) is 0 Å². The number of anilines is 1. The van der Waals surface area contributed by atoms with Crippen LogP contribution in [0.2, 0.25) is 0 Å². The summed E-state index contributed by atoms with van der Waals surface area (Å²) in [5.41, 5.74) is 5.92. The lowest BCUT2D eigenvalue weighted by molar-refractivity contribution is 0.0577. The Kier molecular flexibility index (Phi) is 6.53. The van der Waals surface area contributed by atoms with Crippen molar-refractivity contribution in [3.8, 4) is 22.5 Å². The number of amides is 1. The minimum atomic E-state index is -1.06. The van der Waals surface area contributed by atoms with Gasteiger partial charge >= 0.3 is 0 Å². The highest BCUT2D eigenvalue weighted by Gasteiger charge is 2.25. The van der Waals surface area contributed by atoms with Crippen LogP contribution in [0.5, 0.6) is 0 Å². The molecule has 2 atom stereocenters. The summed E-state index contributed by atoms with van der Waals surface area (Å²) in [5, 5.41) is 19.8. The van der Waals surface area contributed by atoms with Gasteiger partial charge in [-0.05, 0) is 19.9 Å². The molecule has 0 spiro atoms. The van der Waals surface area contributed by atoms with Gasteiger partial charge in [-0.1, -0.05) is 0 Å². The lowest BCUT2D eigenvalue weighted by Crippen LogP contribution is -2.49. The van der Waals surface area contributed by atoms with E-state index in [1.165, 1.54) is 12.3 Å². The van der Waals surface area contributed by atoms with Gasteiger partial charge in [-0.2, -0.15) is 5.10 Å². The van der Waals surface area contributed by atoms with Crippen molar-refractivity contribution < 1.29 is 18.7 Å². The number of piperidine rings is 1. The fraction of sp³-hybridized carbons (Fsp3) is 0.409. The molecule has 1 saturated heterocycles. The fourth-order valence-corrected chi connectivity index (χ4v) is 3.72. The van der Waals surface area contributed by atoms with Gasteiger partial charge in [0.15, 0.2) is 17.3 Å². The van der Waals surface area contributed by atoms with Crippen LogP contribution in [0.3, 0.4) is 0 Å². The molecule has 12 heteroatoms. The summed E-state index contributed by atoms with van der Waals surface area (Å²) in [7, 11) is 0. The molecule has 0 radical (unpaired) electrons. The monoisotopic (exact) mass is 472 g/mol. The maximum absolute atomic E-state index is 14.7. The Morgan fingerprint density at radius 3 is 2.82 bits per heavy atom. The Balaban J connectivity index is 1.60. The number of halogens is 2. The van der Waals surface area contributed by atoms with Gasteiger partial charge in [-0.3, -0.25) is 14.5 Å². The Hall–Kier alpha value is -3.51. The maximum atomic E-state index is 14.7. The second-order valence-corrected chi connectivity index (χ2v) is 8.94. The van der Waals surface area contributed by atoms with Crippen LogP contribution in [0.1, 0.15) is 30.8 Å². The van der Waals surface area contributed by atoms with Crippen molar-refractivity contribution in [2.24, 2.45) is 0 Å². The van der Waals surface area contributed by atoms with Crippen LogP contribution in [-0.4, -0.2) is 66.7 Å². The number of hydrogen-bond acceptors (Lipinski definition) is 8. The van der Waals surface area contributed by atoms with Crippen LogP contribution in [-0.2, 0) is 6.54 Å². The molecule has 3 aromatic rings. The van der Waals surface area contributed by atoms with Gasteiger partial charge < -0.3 is 21.5 Å². The third-order valence-corrected chi connectivity index (χ3v) is 5.26. The Morgan fingerprint density at radius 2 is 2.09 bits per heavy atom. The zero-order chi connectivity index (χ0) is 24.5. The van der Waals surface area contributed by atoms with E-state index in [2.05, 4.69) is 30.7 Å². The molecule has 1 aliphatic rings. The molecule has 1 amide bonds. The zero-order valence-corrected chi connectivity index (χ0v) is 18.8. The van der Waals surface area contributed by atoms with Crippen molar-refractivity contribution in [3.05, 3.63) is 42.4 Å². The van der Waals surface area contributed by atoms with Crippen molar-refractivity contribution in [2.45, 2.75) is 44.6 Å². The van der Waals surface area contributed by atoms with E-state index in [-0.39, 0.29) is 42.3 Å². The maximum Gasteiger partial charge on any atom is 0.274 e.